The zero-order valence-corrected chi connectivity index (χ0v) is 11.3. The Balaban J connectivity index is 2.21. The lowest BCUT2D eigenvalue weighted by Crippen LogP contribution is -2.33. The van der Waals surface area contributed by atoms with E-state index in [4.69, 9.17) is 16.3 Å². The van der Waals surface area contributed by atoms with Crippen LogP contribution in [-0.4, -0.2) is 20.2 Å². The van der Waals surface area contributed by atoms with Crippen LogP contribution in [0.3, 0.4) is 0 Å². The number of nitrogens with zero attached hydrogens (tertiary/aromatic N) is 1. The van der Waals surface area contributed by atoms with E-state index < -0.39 is 0 Å². The molecule has 0 aromatic heterocycles. The van der Waals surface area contributed by atoms with Gasteiger partial charge < -0.3 is 9.64 Å². The maximum atomic E-state index is 6.07. The lowest BCUT2D eigenvalue weighted by atomic mass is 9.94. The summed E-state index contributed by atoms with van der Waals surface area (Å²) in [5, 5.41) is 0.767. The highest BCUT2D eigenvalue weighted by Crippen LogP contribution is 2.34. The van der Waals surface area contributed by atoms with E-state index in [-0.39, 0.29) is 0 Å². The van der Waals surface area contributed by atoms with Crippen molar-refractivity contribution in [1.82, 2.24) is 0 Å². The highest BCUT2D eigenvalue weighted by atomic mass is 35.5. The van der Waals surface area contributed by atoms with Crippen LogP contribution < -0.4 is 9.64 Å². The summed E-state index contributed by atoms with van der Waals surface area (Å²) >= 11 is 6.07. The van der Waals surface area contributed by atoms with Crippen molar-refractivity contribution in [3.8, 4) is 5.75 Å². The van der Waals surface area contributed by atoms with Gasteiger partial charge in [-0.3, -0.25) is 0 Å². The van der Waals surface area contributed by atoms with Crippen LogP contribution in [0, 0.1) is 0 Å². The normalized spacial score (nSPS) is 16.9. The zero-order chi connectivity index (χ0) is 12.3. The van der Waals surface area contributed by atoms with E-state index in [0.29, 0.717) is 6.04 Å². The molecule has 0 heterocycles. The number of anilines is 1. The van der Waals surface area contributed by atoms with Gasteiger partial charge in [-0.2, -0.15) is 0 Å². The fourth-order valence-corrected chi connectivity index (χ4v) is 2.77. The summed E-state index contributed by atoms with van der Waals surface area (Å²) in [7, 11) is 3.85. The Morgan fingerprint density at radius 3 is 2.59 bits per heavy atom. The van der Waals surface area contributed by atoms with Crippen LogP contribution >= 0.6 is 11.6 Å². The Hall–Kier alpha value is -0.890. The molecule has 1 aliphatic rings. The molecule has 0 unspecified atom stereocenters. The first-order chi connectivity index (χ1) is 8.22. The number of halogens is 1. The first-order valence-corrected chi connectivity index (χ1v) is 6.66. The molecule has 0 amide bonds. The van der Waals surface area contributed by atoms with Crippen molar-refractivity contribution in [1.29, 1.82) is 0 Å². The van der Waals surface area contributed by atoms with Gasteiger partial charge in [0, 0.05) is 18.1 Å². The van der Waals surface area contributed by atoms with Crippen LogP contribution in [-0.2, 0) is 0 Å². The van der Waals surface area contributed by atoms with Crippen molar-refractivity contribution < 1.29 is 4.74 Å². The Morgan fingerprint density at radius 2 is 1.94 bits per heavy atom. The molecule has 1 aromatic carbocycles. The summed E-state index contributed by atoms with van der Waals surface area (Å²) in [5.41, 5.74) is 1.10. The summed E-state index contributed by atoms with van der Waals surface area (Å²) in [6.07, 6.45) is 6.57. The molecule has 1 aliphatic carbocycles. The van der Waals surface area contributed by atoms with Crippen LogP contribution in [0.2, 0.25) is 5.02 Å². The number of hydrogen-bond donors (Lipinski definition) is 0. The number of methoxy groups -OCH3 is 1. The van der Waals surface area contributed by atoms with Gasteiger partial charge in [0.1, 0.15) is 5.75 Å². The second kappa shape index (κ2) is 5.63. The van der Waals surface area contributed by atoms with Gasteiger partial charge >= 0.3 is 0 Å². The number of rotatable bonds is 3. The van der Waals surface area contributed by atoms with Gasteiger partial charge in [-0.05, 0) is 31.0 Å². The van der Waals surface area contributed by atoms with E-state index >= 15 is 0 Å². The largest absolute Gasteiger partial charge is 0.495 e. The number of hydrogen-bond acceptors (Lipinski definition) is 2. The van der Waals surface area contributed by atoms with Crippen molar-refractivity contribution in [2.24, 2.45) is 0 Å². The van der Waals surface area contributed by atoms with E-state index in [9.17, 15) is 0 Å². The third kappa shape index (κ3) is 2.86. The Labute approximate surface area is 109 Å². The Morgan fingerprint density at radius 1 is 1.24 bits per heavy atom. The average molecular weight is 254 g/mol. The molecule has 3 heteroatoms. The minimum atomic E-state index is 0.621. The predicted molar refractivity (Wildman–Crippen MR) is 73.3 cm³/mol. The van der Waals surface area contributed by atoms with E-state index in [2.05, 4.69) is 11.9 Å². The second-order valence-corrected chi connectivity index (χ2v) is 5.16. The van der Waals surface area contributed by atoms with Crippen LogP contribution in [0.1, 0.15) is 32.1 Å². The van der Waals surface area contributed by atoms with Crippen LogP contribution in [0.15, 0.2) is 18.2 Å². The molecule has 0 N–H and O–H groups in total. The summed E-state index contributed by atoms with van der Waals surface area (Å²) in [6, 6.07) is 6.43. The molecule has 0 atom stereocenters. The molecule has 1 aromatic rings. The van der Waals surface area contributed by atoms with Gasteiger partial charge in [-0.15, -0.1) is 0 Å². The quantitative estimate of drug-likeness (QED) is 0.804. The van der Waals surface area contributed by atoms with Gasteiger partial charge in [-0.1, -0.05) is 30.9 Å². The van der Waals surface area contributed by atoms with Crippen LogP contribution in [0.5, 0.6) is 5.75 Å². The molecule has 0 bridgehead atoms. The zero-order valence-electron chi connectivity index (χ0n) is 10.6. The van der Waals surface area contributed by atoms with Crippen molar-refractivity contribution >= 4 is 17.3 Å². The average Bonchev–Trinajstić information content (AvgIpc) is 2.39. The minimum Gasteiger partial charge on any atom is -0.495 e. The summed E-state index contributed by atoms with van der Waals surface area (Å²) in [4.78, 5) is 2.32. The molecule has 1 saturated carbocycles. The molecule has 94 valence electrons. The van der Waals surface area contributed by atoms with Gasteiger partial charge in [-0.25, -0.2) is 0 Å². The molecule has 0 aliphatic heterocycles. The number of ether oxygens (including phenoxy) is 1. The molecular weight excluding hydrogens is 234 g/mol. The molecular formula is C14H20ClNO. The van der Waals surface area contributed by atoms with E-state index in [1.54, 1.807) is 7.11 Å². The Kier molecular flexibility index (Phi) is 4.16. The standard InChI is InChI=1S/C14H20ClNO/c1-16(12-6-4-3-5-7-12)13-10-11(15)8-9-14(13)17-2/h8-10,12H,3-7H2,1-2H3. The number of benzene rings is 1. The smallest absolute Gasteiger partial charge is 0.142 e. The van der Waals surface area contributed by atoms with Gasteiger partial charge in [0.05, 0.1) is 12.8 Å². The van der Waals surface area contributed by atoms with Crippen molar-refractivity contribution in [3.63, 3.8) is 0 Å². The molecule has 2 nitrogen and oxygen atoms in total. The monoisotopic (exact) mass is 253 g/mol. The van der Waals surface area contributed by atoms with Gasteiger partial charge in [0.25, 0.3) is 0 Å². The lowest BCUT2D eigenvalue weighted by Gasteiger charge is -2.33. The Bertz CT molecular complexity index is 374. The highest BCUT2D eigenvalue weighted by molar-refractivity contribution is 6.30. The topological polar surface area (TPSA) is 12.5 Å². The highest BCUT2D eigenvalue weighted by Gasteiger charge is 2.20. The van der Waals surface area contributed by atoms with E-state index in [1.165, 1.54) is 32.1 Å². The summed E-state index contributed by atoms with van der Waals surface area (Å²) in [6.45, 7) is 0. The third-order valence-electron chi connectivity index (χ3n) is 3.64. The molecule has 0 saturated heterocycles. The molecule has 17 heavy (non-hydrogen) atoms. The molecule has 2 rings (SSSR count). The third-order valence-corrected chi connectivity index (χ3v) is 3.88. The predicted octanol–water partition coefficient (Wildman–Crippen LogP) is 4.12. The van der Waals surface area contributed by atoms with E-state index in [1.807, 2.05) is 18.2 Å². The van der Waals surface area contributed by atoms with Gasteiger partial charge in [0.15, 0.2) is 0 Å². The maximum absolute atomic E-state index is 6.07. The minimum absolute atomic E-state index is 0.621. The van der Waals surface area contributed by atoms with Crippen molar-refractivity contribution in [2.75, 3.05) is 19.1 Å². The fourth-order valence-electron chi connectivity index (χ4n) is 2.60. The fraction of sp³-hybridized carbons (Fsp3) is 0.571. The molecule has 0 radical (unpaired) electrons. The second-order valence-electron chi connectivity index (χ2n) is 4.72. The van der Waals surface area contributed by atoms with Crippen molar-refractivity contribution in [3.05, 3.63) is 23.2 Å². The molecule has 1 fully saturated rings. The first kappa shape index (κ1) is 12.6. The van der Waals surface area contributed by atoms with Crippen LogP contribution in [0.25, 0.3) is 0 Å². The van der Waals surface area contributed by atoms with Gasteiger partial charge in [0.2, 0.25) is 0 Å². The van der Waals surface area contributed by atoms with E-state index in [0.717, 1.165) is 16.5 Å². The van der Waals surface area contributed by atoms with Crippen LogP contribution in [0.4, 0.5) is 5.69 Å². The molecule has 0 spiro atoms. The summed E-state index contributed by atoms with van der Waals surface area (Å²) < 4.78 is 5.41. The van der Waals surface area contributed by atoms with Crippen molar-refractivity contribution in [2.45, 2.75) is 38.1 Å². The summed E-state index contributed by atoms with van der Waals surface area (Å²) in [5.74, 6) is 0.905. The lowest BCUT2D eigenvalue weighted by molar-refractivity contribution is 0.401. The maximum Gasteiger partial charge on any atom is 0.142 e. The first-order valence-electron chi connectivity index (χ1n) is 6.28. The SMILES string of the molecule is COc1ccc(Cl)cc1N(C)C1CCCCC1.